The lowest BCUT2D eigenvalue weighted by Crippen LogP contribution is -2.55. The normalized spacial score (nSPS) is 23.2. The molecule has 2 atom stereocenters. The molecule has 0 bridgehead atoms. The fourth-order valence-electron chi connectivity index (χ4n) is 3.67. The van der Waals surface area contributed by atoms with Crippen molar-refractivity contribution in [3.8, 4) is 0 Å². The SMILES string of the molecule is O=C(O)CN(C1CC1)[C@H]1CCCC[C@@H]1NC(=O)OCc1ccccc1. The summed E-state index contributed by atoms with van der Waals surface area (Å²) in [4.78, 5) is 25.5. The van der Waals surface area contributed by atoms with Crippen molar-refractivity contribution in [2.24, 2.45) is 0 Å². The van der Waals surface area contributed by atoms with Gasteiger partial charge in [0.05, 0.1) is 6.54 Å². The number of nitrogens with one attached hydrogen (secondary N) is 1. The van der Waals surface area contributed by atoms with Crippen molar-refractivity contribution in [3.05, 3.63) is 35.9 Å². The zero-order valence-corrected chi connectivity index (χ0v) is 14.4. The van der Waals surface area contributed by atoms with Crippen LogP contribution in [-0.4, -0.2) is 46.7 Å². The topological polar surface area (TPSA) is 78.9 Å². The zero-order chi connectivity index (χ0) is 17.6. The van der Waals surface area contributed by atoms with E-state index in [0.29, 0.717) is 6.04 Å². The summed E-state index contributed by atoms with van der Waals surface area (Å²) in [6.07, 6.45) is 5.59. The molecule has 6 nitrogen and oxygen atoms in total. The van der Waals surface area contributed by atoms with Crippen LogP contribution in [-0.2, 0) is 16.1 Å². The summed E-state index contributed by atoms with van der Waals surface area (Å²) < 4.78 is 5.33. The molecule has 1 aromatic rings. The van der Waals surface area contributed by atoms with Crippen LogP contribution in [0.4, 0.5) is 4.79 Å². The molecular weight excluding hydrogens is 320 g/mol. The van der Waals surface area contributed by atoms with E-state index >= 15 is 0 Å². The quantitative estimate of drug-likeness (QED) is 0.794. The van der Waals surface area contributed by atoms with Gasteiger partial charge in [-0.05, 0) is 31.2 Å². The van der Waals surface area contributed by atoms with Crippen LogP contribution in [0.1, 0.15) is 44.1 Å². The van der Waals surface area contributed by atoms with Gasteiger partial charge in [-0.15, -0.1) is 0 Å². The molecule has 3 rings (SSSR count). The van der Waals surface area contributed by atoms with Gasteiger partial charge in [-0.3, -0.25) is 9.69 Å². The molecule has 0 unspecified atom stereocenters. The van der Waals surface area contributed by atoms with Gasteiger partial charge in [0.15, 0.2) is 0 Å². The van der Waals surface area contributed by atoms with E-state index in [1.165, 1.54) is 0 Å². The number of nitrogens with zero attached hydrogens (tertiary/aromatic N) is 1. The molecule has 6 heteroatoms. The summed E-state index contributed by atoms with van der Waals surface area (Å²) in [5.74, 6) is -0.803. The molecule has 0 heterocycles. The van der Waals surface area contributed by atoms with Gasteiger partial charge in [0.2, 0.25) is 0 Å². The van der Waals surface area contributed by atoms with Gasteiger partial charge >= 0.3 is 12.1 Å². The maximum Gasteiger partial charge on any atom is 0.407 e. The van der Waals surface area contributed by atoms with Crippen molar-refractivity contribution in [2.75, 3.05) is 6.54 Å². The van der Waals surface area contributed by atoms with Crippen molar-refractivity contribution < 1.29 is 19.4 Å². The fourth-order valence-corrected chi connectivity index (χ4v) is 3.67. The first kappa shape index (κ1) is 17.7. The van der Waals surface area contributed by atoms with Gasteiger partial charge < -0.3 is 15.2 Å². The summed E-state index contributed by atoms with van der Waals surface area (Å²) in [6, 6.07) is 9.96. The zero-order valence-electron chi connectivity index (χ0n) is 14.4. The Kier molecular flexibility index (Phi) is 5.91. The Morgan fingerprint density at radius 3 is 2.52 bits per heavy atom. The molecule has 0 aromatic heterocycles. The monoisotopic (exact) mass is 346 g/mol. The van der Waals surface area contributed by atoms with Crippen molar-refractivity contribution in [1.82, 2.24) is 10.2 Å². The van der Waals surface area contributed by atoms with Crippen LogP contribution in [0.3, 0.4) is 0 Å². The number of carbonyl (C=O) groups excluding carboxylic acids is 1. The van der Waals surface area contributed by atoms with Crippen LogP contribution in [0, 0.1) is 0 Å². The number of rotatable bonds is 7. The number of alkyl carbamates (subject to hydrolysis) is 1. The van der Waals surface area contributed by atoms with E-state index in [4.69, 9.17) is 4.74 Å². The van der Waals surface area contributed by atoms with Gasteiger partial charge in [-0.1, -0.05) is 43.2 Å². The number of benzene rings is 1. The molecule has 0 saturated heterocycles. The number of aliphatic carboxylic acids is 1. The minimum atomic E-state index is -0.803. The van der Waals surface area contributed by atoms with E-state index in [0.717, 1.165) is 44.1 Å². The molecule has 0 aliphatic heterocycles. The van der Waals surface area contributed by atoms with Crippen LogP contribution in [0.15, 0.2) is 30.3 Å². The van der Waals surface area contributed by atoms with Crippen molar-refractivity contribution in [3.63, 3.8) is 0 Å². The summed E-state index contributed by atoms with van der Waals surface area (Å²) in [6.45, 7) is 0.290. The van der Waals surface area contributed by atoms with Crippen LogP contribution in [0.5, 0.6) is 0 Å². The lowest BCUT2D eigenvalue weighted by molar-refractivity contribution is -0.139. The van der Waals surface area contributed by atoms with E-state index < -0.39 is 12.1 Å². The number of hydrogen-bond donors (Lipinski definition) is 2. The van der Waals surface area contributed by atoms with E-state index in [2.05, 4.69) is 10.2 Å². The highest BCUT2D eigenvalue weighted by Gasteiger charge is 2.40. The van der Waals surface area contributed by atoms with Gasteiger partial charge in [0, 0.05) is 18.1 Å². The van der Waals surface area contributed by atoms with Crippen LogP contribution >= 0.6 is 0 Å². The predicted octanol–water partition coefficient (Wildman–Crippen LogP) is 2.77. The molecule has 136 valence electrons. The Balaban J connectivity index is 1.56. The number of amides is 1. The third kappa shape index (κ3) is 5.19. The van der Waals surface area contributed by atoms with Crippen molar-refractivity contribution in [2.45, 2.75) is 63.3 Å². The summed E-state index contributed by atoms with van der Waals surface area (Å²) >= 11 is 0. The summed E-state index contributed by atoms with van der Waals surface area (Å²) in [5.41, 5.74) is 0.948. The molecule has 0 radical (unpaired) electrons. The largest absolute Gasteiger partial charge is 0.480 e. The second-order valence-corrected chi connectivity index (χ2v) is 6.96. The maximum atomic E-state index is 12.2. The molecule has 2 aliphatic rings. The third-order valence-electron chi connectivity index (χ3n) is 5.01. The highest BCUT2D eigenvalue weighted by molar-refractivity contribution is 5.69. The van der Waals surface area contributed by atoms with E-state index in [1.807, 2.05) is 30.3 Å². The van der Waals surface area contributed by atoms with Crippen LogP contribution < -0.4 is 5.32 Å². The Morgan fingerprint density at radius 2 is 1.84 bits per heavy atom. The average molecular weight is 346 g/mol. The lowest BCUT2D eigenvalue weighted by atomic mass is 9.89. The van der Waals surface area contributed by atoms with E-state index in [-0.39, 0.29) is 25.2 Å². The van der Waals surface area contributed by atoms with Gasteiger partial charge in [-0.25, -0.2) is 4.79 Å². The Bertz CT molecular complexity index is 588. The highest BCUT2D eigenvalue weighted by Crippen LogP contribution is 2.33. The van der Waals surface area contributed by atoms with Crippen LogP contribution in [0.2, 0.25) is 0 Å². The smallest absolute Gasteiger partial charge is 0.407 e. The Hall–Kier alpha value is -2.08. The van der Waals surface area contributed by atoms with Gasteiger partial charge in [0.25, 0.3) is 0 Å². The molecule has 1 amide bonds. The number of carboxylic acid groups (broad SMARTS) is 1. The Labute approximate surface area is 148 Å². The van der Waals surface area contributed by atoms with E-state index in [1.54, 1.807) is 0 Å². The standard InChI is InChI=1S/C19H26N2O4/c22-18(23)12-21(15-10-11-15)17-9-5-4-8-16(17)20-19(24)25-13-14-6-2-1-3-7-14/h1-3,6-7,15-17H,4-5,8-13H2,(H,20,24)(H,22,23)/t16-,17-/m0/s1. The van der Waals surface area contributed by atoms with Crippen LogP contribution in [0.25, 0.3) is 0 Å². The lowest BCUT2D eigenvalue weighted by Gasteiger charge is -2.39. The molecule has 2 aliphatic carbocycles. The van der Waals surface area contributed by atoms with E-state index in [9.17, 15) is 14.7 Å². The third-order valence-corrected chi connectivity index (χ3v) is 5.01. The minimum absolute atomic E-state index is 0.0445. The molecule has 2 fully saturated rings. The second kappa shape index (κ2) is 8.34. The number of carboxylic acids is 1. The second-order valence-electron chi connectivity index (χ2n) is 6.96. The summed E-state index contributed by atoms with van der Waals surface area (Å²) in [5, 5.41) is 12.2. The first-order chi connectivity index (χ1) is 12.1. The minimum Gasteiger partial charge on any atom is -0.480 e. The number of hydrogen-bond acceptors (Lipinski definition) is 4. The number of ether oxygens (including phenoxy) is 1. The molecule has 2 N–H and O–H groups in total. The number of carbonyl (C=O) groups is 2. The summed E-state index contributed by atoms with van der Waals surface area (Å²) in [7, 11) is 0. The predicted molar refractivity (Wildman–Crippen MR) is 93.2 cm³/mol. The molecule has 25 heavy (non-hydrogen) atoms. The van der Waals surface area contributed by atoms with Gasteiger partial charge in [0.1, 0.15) is 6.61 Å². The average Bonchev–Trinajstić information content (AvgIpc) is 3.44. The van der Waals surface area contributed by atoms with Gasteiger partial charge in [-0.2, -0.15) is 0 Å². The highest BCUT2D eigenvalue weighted by atomic mass is 16.5. The van der Waals surface area contributed by atoms with Crippen molar-refractivity contribution >= 4 is 12.1 Å². The first-order valence-corrected chi connectivity index (χ1v) is 9.08. The molecular formula is C19H26N2O4. The fraction of sp³-hybridized carbons (Fsp3) is 0.579. The molecule has 1 aromatic carbocycles. The first-order valence-electron chi connectivity index (χ1n) is 9.08. The van der Waals surface area contributed by atoms with Crippen molar-refractivity contribution in [1.29, 1.82) is 0 Å². The maximum absolute atomic E-state index is 12.2. The molecule has 2 saturated carbocycles. The molecule has 0 spiro atoms. The Morgan fingerprint density at radius 1 is 1.12 bits per heavy atom.